The third kappa shape index (κ3) is 8.37. The molecule has 0 spiro atoms. The first kappa shape index (κ1) is 38.6. The summed E-state index contributed by atoms with van der Waals surface area (Å²) in [5.74, 6) is 2.31. The SMILES string of the molecule is Cc1cc(C)c2cc(OP(Oc3cc4ccc(C(C)(C)C)cc4cc3C(C)(C)C)Oc3cc4ccc(C(C)(C)C)cc4cc3C(C)(C)C)c(C)cc2c1. The Bertz CT molecular complexity index is 2220. The van der Waals surface area contributed by atoms with Gasteiger partial charge in [0.25, 0.3) is 0 Å². The first-order valence-corrected chi connectivity index (χ1v) is 20.1. The predicted molar refractivity (Wildman–Crippen MR) is 230 cm³/mol. The van der Waals surface area contributed by atoms with Gasteiger partial charge < -0.3 is 13.6 Å². The van der Waals surface area contributed by atoms with Gasteiger partial charge in [-0.15, -0.1) is 0 Å². The molecule has 0 aliphatic heterocycles. The lowest BCUT2D eigenvalue weighted by Crippen LogP contribution is -2.16. The predicted octanol–water partition coefficient (Wildman–Crippen LogP) is 15.0. The average molecular weight is 727 g/mol. The van der Waals surface area contributed by atoms with Gasteiger partial charge in [-0.2, -0.15) is 0 Å². The molecule has 0 unspecified atom stereocenters. The Hall–Kier alpha value is -4.07. The minimum atomic E-state index is -1.96. The van der Waals surface area contributed by atoms with Gasteiger partial charge in [0, 0.05) is 11.1 Å². The van der Waals surface area contributed by atoms with Gasteiger partial charge in [0.1, 0.15) is 17.2 Å². The molecule has 0 radical (unpaired) electrons. The molecule has 3 nitrogen and oxygen atoms in total. The molecular formula is C49H59O3P. The van der Waals surface area contributed by atoms with Crippen molar-refractivity contribution in [1.82, 2.24) is 0 Å². The molecule has 0 saturated heterocycles. The smallest absolute Gasteiger partial charge is 0.408 e. The Balaban J connectivity index is 1.52. The van der Waals surface area contributed by atoms with E-state index in [4.69, 9.17) is 13.6 Å². The molecule has 0 amide bonds. The summed E-state index contributed by atoms with van der Waals surface area (Å²) in [5.41, 5.74) is 8.06. The van der Waals surface area contributed by atoms with E-state index in [1.807, 2.05) is 0 Å². The topological polar surface area (TPSA) is 27.7 Å². The second kappa shape index (κ2) is 13.7. The van der Waals surface area contributed by atoms with Crippen LogP contribution in [0.15, 0.2) is 84.9 Å². The molecule has 6 aromatic rings. The molecule has 0 aliphatic carbocycles. The molecule has 0 bridgehead atoms. The largest absolute Gasteiger partial charge is 0.530 e. The van der Waals surface area contributed by atoms with Crippen LogP contribution < -0.4 is 13.6 Å². The lowest BCUT2D eigenvalue weighted by atomic mass is 9.83. The monoisotopic (exact) mass is 726 g/mol. The van der Waals surface area contributed by atoms with Gasteiger partial charge in [-0.05, 0) is 133 Å². The summed E-state index contributed by atoms with van der Waals surface area (Å²) < 4.78 is 21.1. The molecule has 0 aromatic heterocycles. The van der Waals surface area contributed by atoms with Crippen molar-refractivity contribution in [2.75, 3.05) is 0 Å². The van der Waals surface area contributed by atoms with Gasteiger partial charge in [0.15, 0.2) is 0 Å². The van der Waals surface area contributed by atoms with Crippen molar-refractivity contribution in [3.63, 3.8) is 0 Å². The Labute approximate surface area is 320 Å². The van der Waals surface area contributed by atoms with Crippen molar-refractivity contribution < 1.29 is 13.6 Å². The Morgan fingerprint density at radius 3 is 1.26 bits per heavy atom. The van der Waals surface area contributed by atoms with Gasteiger partial charge in [0.2, 0.25) is 0 Å². The van der Waals surface area contributed by atoms with Crippen LogP contribution in [0.1, 0.15) is 122 Å². The van der Waals surface area contributed by atoms with Crippen molar-refractivity contribution >= 4 is 40.9 Å². The van der Waals surface area contributed by atoms with Gasteiger partial charge in [-0.25, -0.2) is 0 Å². The third-order valence-electron chi connectivity index (χ3n) is 10.3. The summed E-state index contributed by atoms with van der Waals surface area (Å²) in [7, 11) is -1.96. The molecule has 0 N–H and O–H groups in total. The van der Waals surface area contributed by atoms with Crippen molar-refractivity contribution in [2.45, 2.75) is 126 Å². The van der Waals surface area contributed by atoms with Gasteiger partial charge in [-0.1, -0.05) is 137 Å². The molecule has 0 atom stereocenters. The van der Waals surface area contributed by atoms with E-state index >= 15 is 0 Å². The van der Waals surface area contributed by atoms with E-state index < -0.39 is 8.60 Å². The van der Waals surface area contributed by atoms with Crippen LogP contribution in [0, 0.1) is 20.8 Å². The van der Waals surface area contributed by atoms with E-state index in [1.54, 1.807) is 0 Å². The summed E-state index contributed by atoms with van der Waals surface area (Å²) in [6.07, 6.45) is 0. The second-order valence-electron chi connectivity index (χ2n) is 19.2. The lowest BCUT2D eigenvalue weighted by molar-refractivity contribution is 0.377. The fourth-order valence-corrected chi connectivity index (χ4v) is 8.18. The van der Waals surface area contributed by atoms with Crippen LogP contribution >= 0.6 is 8.60 Å². The average Bonchev–Trinajstić information content (AvgIpc) is 3.02. The van der Waals surface area contributed by atoms with Crippen LogP contribution in [0.4, 0.5) is 0 Å². The molecule has 4 heteroatoms. The highest BCUT2D eigenvalue weighted by Gasteiger charge is 2.30. The zero-order valence-corrected chi connectivity index (χ0v) is 35.6. The maximum Gasteiger partial charge on any atom is 0.530 e. The molecule has 6 rings (SSSR count). The molecule has 0 saturated carbocycles. The van der Waals surface area contributed by atoms with E-state index in [0.29, 0.717) is 0 Å². The summed E-state index contributed by atoms with van der Waals surface area (Å²) in [6, 6.07) is 31.3. The van der Waals surface area contributed by atoms with Crippen LogP contribution in [0.25, 0.3) is 32.3 Å². The van der Waals surface area contributed by atoms with E-state index in [9.17, 15) is 0 Å². The van der Waals surface area contributed by atoms with Crippen molar-refractivity contribution in [1.29, 1.82) is 0 Å². The number of rotatable bonds is 6. The number of benzene rings is 6. The van der Waals surface area contributed by atoms with E-state index in [2.05, 4.69) is 189 Å². The van der Waals surface area contributed by atoms with E-state index in [-0.39, 0.29) is 21.7 Å². The standard InChI is InChI=1S/C49H59O3P/c1-30-20-31(2)40-29-43(32(3)22-37(40)21-30)50-53(51-44-27-33-16-18-38(46(4,5)6)23-35(33)25-41(44)48(10,11)12)52-45-28-34-17-19-39(47(7,8)9)24-36(34)26-42(45)49(13,14)15/h16-29H,1-15H3. The molecule has 0 heterocycles. The fraction of sp³-hybridized carbons (Fsp3) is 0.388. The second-order valence-corrected chi connectivity index (χ2v) is 20.2. The lowest BCUT2D eigenvalue weighted by Gasteiger charge is -2.28. The third-order valence-corrected chi connectivity index (χ3v) is 11.4. The van der Waals surface area contributed by atoms with Crippen LogP contribution in [0.2, 0.25) is 0 Å². The summed E-state index contributed by atoms with van der Waals surface area (Å²) in [6.45, 7) is 33.4. The highest BCUT2D eigenvalue weighted by Crippen LogP contribution is 2.50. The number of hydrogen-bond donors (Lipinski definition) is 0. The quantitative estimate of drug-likeness (QED) is 0.160. The molecule has 6 aromatic carbocycles. The van der Waals surface area contributed by atoms with E-state index in [1.165, 1.54) is 38.4 Å². The molecule has 278 valence electrons. The zero-order chi connectivity index (χ0) is 38.8. The van der Waals surface area contributed by atoms with Crippen molar-refractivity contribution in [3.8, 4) is 17.2 Å². The van der Waals surface area contributed by atoms with Crippen molar-refractivity contribution in [2.24, 2.45) is 0 Å². The van der Waals surface area contributed by atoms with Gasteiger partial charge in [0.05, 0.1) is 0 Å². The normalized spacial score (nSPS) is 13.0. The highest BCUT2D eigenvalue weighted by atomic mass is 31.2. The van der Waals surface area contributed by atoms with Gasteiger partial charge in [-0.3, -0.25) is 0 Å². The molecule has 0 fully saturated rings. The Morgan fingerprint density at radius 1 is 0.377 bits per heavy atom. The fourth-order valence-electron chi connectivity index (χ4n) is 7.08. The van der Waals surface area contributed by atoms with Crippen LogP contribution in [-0.4, -0.2) is 0 Å². The Morgan fingerprint density at radius 2 is 0.830 bits per heavy atom. The molecule has 53 heavy (non-hydrogen) atoms. The minimum absolute atomic E-state index is 0.0506. The maximum atomic E-state index is 7.07. The highest BCUT2D eigenvalue weighted by molar-refractivity contribution is 7.43. The summed E-state index contributed by atoms with van der Waals surface area (Å²) in [4.78, 5) is 0. The summed E-state index contributed by atoms with van der Waals surface area (Å²) >= 11 is 0. The minimum Gasteiger partial charge on any atom is -0.408 e. The van der Waals surface area contributed by atoms with Crippen LogP contribution in [0.5, 0.6) is 17.2 Å². The number of fused-ring (bicyclic) bond motifs is 3. The molecular weight excluding hydrogens is 668 g/mol. The number of aryl methyl sites for hydroxylation is 3. The first-order valence-electron chi connectivity index (χ1n) is 19.0. The van der Waals surface area contributed by atoms with Gasteiger partial charge >= 0.3 is 8.60 Å². The number of hydrogen-bond acceptors (Lipinski definition) is 3. The first-order chi connectivity index (χ1) is 24.5. The van der Waals surface area contributed by atoms with E-state index in [0.717, 1.165) is 50.1 Å². The van der Waals surface area contributed by atoms with Crippen LogP contribution in [-0.2, 0) is 21.7 Å². The molecule has 0 aliphatic rings. The Kier molecular flexibility index (Phi) is 9.96. The zero-order valence-electron chi connectivity index (χ0n) is 34.8. The maximum absolute atomic E-state index is 7.07. The van der Waals surface area contributed by atoms with Crippen LogP contribution in [0.3, 0.4) is 0 Å². The summed E-state index contributed by atoms with van der Waals surface area (Å²) in [5, 5.41) is 7.03. The van der Waals surface area contributed by atoms with Crippen molar-refractivity contribution in [3.05, 3.63) is 124 Å².